The zero-order valence-electron chi connectivity index (χ0n) is 16.7. The highest BCUT2D eigenvalue weighted by atomic mass is 32.1. The number of aromatic nitrogens is 3. The van der Waals surface area contributed by atoms with Crippen LogP contribution < -0.4 is 22.1 Å². The molecule has 0 radical (unpaired) electrons. The molecule has 1 atom stereocenters. The number of anilines is 2. The molecule has 6 N–H and O–H groups in total. The van der Waals surface area contributed by atoms with Crippen LogP contribution in [0.3, 0.4) is 0 Å². The second-order valence-electron chi connectivity index (χ2n) is 6.69. The lowest BCUT2D eigenvalue weighted by atomic mass is 10.1. The van der Waals surface area contributed by atoms with E-state index in [2.05, 4.69) is 30.7 Å². The molecule has 0 bridgehead atoms. The number of pyridine rings is 1. The number of likely N-dealkylation sites (tertiary alicyclic amines) is 1. The quantitative estimate of drug-likeness (QED) is 0.457. The summed E-state index contributed by atoms with van der Waals surface area (Å²) in [6.45, 7) is 1.67. The van der Waals surface area contributed by atoms with E-state index in [0.29, 0.717) is 21.6 Å². The van der Waals surface area contributed by atoms with Crippen LogP contribution in [0.5, 0.6) is 0 Å². The van der Waals surface area contributed by atoms with Crippen molar-refractivity contribution in [1.82, 2.24) is 20.1 Å². The van der Waals surface area contributed by atoms with Crippen molar-refractivity contribution in [2.45, 2.75) is 25.0 Å². The molecule has 30 heavy (non-hydrogen) atoms. The molecule has 0 aromatic carbocycles. The number of ether oxygens (including phenoxy) is 1. The number of rotatable bonds is 8. The predicted octanol–water partition coefficient (Wildman–Crippen LogP) is 1.41. The van der Waals surface area contributed by atoms with Crippen LogP contribution in [0.15, 0.2) is 48.7 Å². The number of carbonyl (C=O) groups is 1. The van der Waals surface area contributed by atoms with Gasteiger partial charge in [0.25, 0.3) is 5.91 Å². The Morgan fingerprint density at radius 1 is 1.37 bits per heavy atom. The number of nitrogens with two attached hydrogens (primary N) is 2. The average Bonchev–Trinajstić information content (AvgIpc) is 3.20. The van der Waals surface area contributed by atoms with Gasteiger partial charge >= 0.3 is 0 Å². The number of piperidine rings is 1. The zero-order chi connectivity index (χ0) is 21.3. The highest BCUT2D eigenvalue weighted by molar-refractivity contribution is 7.19. The van der Waals surface area contributed by atoms with Gasteiger partial charge in [-0.25, -0.2) is 0 Å². The summed E-state index contributed by atoms with van der Waals surface area (Å²) in [4.78, 5) is 18.7. The van der Waals surface area contributed by atoms with Gasteiger partial charge in [-0.15, -0.1) is 10.2 Å². The Bertz CT molecular complexity index is 878. The van der Waals surface area contributed by atoms with Gasteiger partial charge in [0.2, 0.25) is 10.3 Å². The van der Waals surface area contributed by atoms with Crippen molar-refractivity contribution in [2.24, 2.45) is 11.5 Å². The van der Waals surface area contributed by atoms with E-state index in [-0.39, 0.29) is 11.9 Å². The van der Waals surface area contributed by atoms with Crippen molar-refractivity contribution in [1.29, 1.82) is 0 Å². The molecule has 2 aromatic heterocycles. The molecule has 0 spiro atoms. The molecule has 1 unspecified atom stereocenters. The van der Waals surface area contributed by atoms with E-state index in [9.17, 15) is 4.79 Å². The fraction of sp³-hybridized carbons (Fsp3) is 0.368. The van der Waals surface area contributed by atoms with E-state index in [4.69, 9.17) is 16.2 Å². The minimum absolute atomic E-state index is 0.262. The minimum Gasteiger partial charge on any atom is -0.405 e. The van der Waals surface area contributed by atoms with Crippen molar-refractivity contribution in [2.75, 3.05) is 30.8 Å². The molecule has 1 aliphatic heterocycles. The summed E-state index contributed by atoms with van der Waals surface area (Å²) in [7, 11) is 1.48. The third-order valence-corrected chi connectivity index (χ3v) is 5.45. The Morgan fingerprint density at radius 3 is 2.80 bits per heavy atom. The first kappa shape index (κ1) is 21.5. The summed E-state index contributed by atoms with van der Waals surface area (Å²) in [5.74, 6) is 0.382. The fourth-order valence-electron chi connectivity index (χ4n) is 3.14. The molecule has 10 nitrogen and oxygen atoms in total. The van der Waals surface area contributed by atoms with E-state index >= 15 is 0 Å². The van der Waals surface area contributed by atoms with Gasteiger partial charge in [0, 0.05) is 44.2 Å². The van der Waals surface area contributed by atoms with Crippen molar-refractivity contribution < 1.29 is 9.53 Å². The zero-order valence-corrected chi connectivity index (χ0v) is 17.5. The third kappa shape index (κ3) is 5.67. The first-order valence-electron chi connectivity index (χ1n) is 9.53. The Balaban J connectivity index is 1.51. The molecule has 1 amide bonds. The number of methoxy groups -OCH3 is 1. The van der Waals surface area contributed by atoms with Crippen LogP contribution in [0, 0.1) is 0 Å². The normalized spacial score (nSPS) is 16.6. The molecular formula is C19H26N8O2S. The number of carbonyl (C=O) groups excluding carboxylic acids is 1. The number of nitrogens with zero attached hydrogens (tertiary/aromatic N) is 4. The maximum atomic E-state index is 12.5. The summed E-state index contributed by atoms with van der Waals surface area (Å²) in [6.07, 6.45) is 9.27. The first-order chi connectivity index (χ1) is 14.6. The highest BCUT2D eigenvalue weighted by Crippen LogP contribution is 2.25. The Labute approximate surface area is 179 Å². The van der Waals surface area contributed by atoms with Crippen LogP contribution in [-0.2, 0) is 9.53 Å². The summed E-state index contributed by atoms with van der Waals surface area (Å²) in [5.41, 5.74) is 12.1. The number of amides is 1. The average molecular weight is 431 g/mol. The summed E-state index contributed by atoms with van der Waals surface area (Å²) >= 11 is 1.29. The van der Waals surface area contributed by atoms with Crippen molar-refractivity contribution >= 4 is 27.5 Å². The Kier molecular flexibility index (Phi) is 7.57. The van der Waals surface area contributed by atoms with E-state index in [1.165, 1.54) is 24.6 Å². The Morgan fingerprint density at radius 2 is 2.13 bits per heavy atom. The second-order valence-corrected chi connectivity index (χ2v) is 7.66. The van der Waals surface area contributed by atoms with Gasteiger partial charge in [-0.2, -0.15) is 0 Å². The molecule has 1 saturated heterocycles. The molecule has 160 valence electrons. The molecule has 0 aliphatic carbocycles. The lowest BCUT2D eigenvalue weighted by molar-refractivity contribution is -0.126. The van der Waals surface area contributed by atoms with Crippen molar-refractivity contribution in [3.63, 3.8) is 0 Å². The monoisotopic (exact) mass is 430 g/mol. The van der Waals surface area contributed by atoms with Gasteiger partial charge < -0.3 is 26.4 Å². The van der Waals surface area contributed by atoms with Crippen LogP contribution >= 0.6 is 11.3 Å². The molecule has 1 aliphatic rings. The van der Waals surface area contributed by atoms with Crippen LogP contribution in [0.25, 0.3) is 0 Å². The largest absolute Gasteiger partial charge is 0.405 e. The molecule has 2 aromatic rings. The molecular weight excluding hydrogens is 404 g/mol. The maximum Gasteiger partial charge on any atom is 0.260 e. The minimum atomic E-state index is -0.768. The van der Waals surface area contributed by atoms with Crippen LogP contribution in [0.4, 0.5) is 10.3 Å². The third-order valence-electron chi connectivity index (χ3n) is 4.68. The topological polar surface area (TPSA) is 144 Å². The van der Waals surface area contributed by atoms with Crippen LogP contribution in [0.2, 0.25) is 0 Å². The smallest absolute Gasteiger partial charge is 0.260 e. The van der Waals surface area contributed by atoms with E-state index < -0.39 is 6.10 Å². The van der Waals surface area contributed by atoms with E-state index in [1.807, 2.05) is 0 Å². The van der Waals surface area contributed by atoms with Crippen LogP contribution in [0.1, 0.15) is 24.5 Å². The van der Waals surface area contributed by atoms with Gasteiger partial charge in [0.1, 0.15) is 0 Å². The standard InChI is InChI=1S/C19H26N8O2S/c1-29-16(13-4-3-9-22-12-13)17(28)24-19-26-25-18(30-19)23-14-6-10-27(11-7-14)15(21)5-2-8-20/h2-5,8-9,12,14,16H,6-7,10-11,20-21H2,1H3,(H,23,25)(H,24,26,28)/b8-2-,15-5+. The molecule has 3 rings (SSSR count). The fourth-order valence-corrected chi connectivity index (χ4v) is 3.87. The van der Waals surface area contributed by atoms with Crippen LogP contribution in [-0.4, -0.2) is 52.2 Å². The van der Waals surface area contributed by atoms with Gasteiger partial charge in [-0.05, 0) is 37.3 Å². The van der Waals surface area contributed by atoms with Crippen molar-refractivity contribution in [3.05, 3.63) is 54.3 Å². The highest BCUT2D eigenvalue weighted by Gasteiger charge is 2.23. The number of hydrogen-bond donors (Lipinski definition) is 4. The lowest BCUT2D eigenvalue weighted by Gasteiger charge is -2.33. The molecule has 3 heterocycles. The number of allylic oxidation sites excluding steroid dienone is 2. The summed E-state index contributed by atoms with van der Waals surface area (Å²) < 4.78 is 5.31. The van der Waals surface area contributed by atoms with Gasteiger partial charge in [0.15, 0.2) is 6.10 Å². The number of hydrogen-bond acceptors (Lipinski definition) is 10. The van der Waals surface area contributed by atoms with E-state index in [0.717, 1.165) is 25.9 Å². The SMILES string of the molecule is COC(C(=O)Nc1nnc(NC2CCN(/C(N)=C/C=C\N)CC2)s1)c1cccnc1. The lowest BCUT2D eigenvalue weighted by Crippen LogP contribution is -2.40. The van der Waals surface area contributed by atoms with Gasteiger partial charge in [-0.1, -0.05) is 17.4 Å². The van der Waals surface area contributed by atoms with Gasteiger partial charge in [0.05, 0.1) is 5.82 Å². The molecule has 1 fully saturated rings. The summed E-state index contributed by atoms with van der Waals surface area (Å²) in [6, 6.07) is 3.80. The van der Waals surface area contributed by atoms with Crippen molar-refractivity contribution in [3.8, 4) is 0 Å². The molecule has 11 heteroatoms. The maximum absolute atomic E-state index is 12.5. The van der Waals surface area contributed by atoms with E-state index in [1.54, 1.807) is 36.7 Å². The first-order valence-corrected chi connectivity index (χ1v) is 10.3. The second kappa shape index (κ2) is 10.6. The predicted molar refractivity (Wildman–Crippen MR) is 116 cm³/mol. The Hall–Kier alpha value is -3.18. The van der Waals surface area contributed by atoms with Gasteiger partial charge in [-0.3, -0.25) is 15.1 Å². The number of nitrogens with one attached hydrogen (secondary N) is 2. The molecule has 0 saturated carbocycles. The summed E-state index contributed by atoms with van der Waals surface area (Å²) in [5, 5.41) is 15.4.